The van der Waals surface area contributed by atoms with Gasteiger partial charge in [0.15, 0.2) is 0 Å². The molecule has 4 aliphatic rings. The first kappa shape index (κ1) is 36.3. The molecule has 2 saturated heterocycles. The quantitative estimate of drug-likeness (QED) is 0.121. The number of amides is 4. The highest BCUT2D eigenvalue weighted by Crippen LogP contribution is 2.54. The molecule has 2 aliphatic heterocycles. The van der Waals surface area contributed by atoms with E-state index in [-0.39, 0.29) is 47.8 Å². The number of carbonyl (C=O) groups excluding carboxylic acids is 3. The number of ether oxygens (including phenoxy) is 1. The number of H-pyrrole nitrogens is 2. The Morgan fingerprint density at radius 1 is 0.673 bits per heavy atom. The van der Waals surface area contributed by atoms with Crippen LogP contribution in [0.1, 0.15) is 77.1 Å². The van der Waals surface area contributed by atoms with Gasteiger partial charge in [0.2, 0.25) is 11.8 Å². The van der Waals surface area contributed by atoms with Crippen molar-refractivity contribution in [1.29, 1.82) is 0 Å². The van der Waals surface area contributed by atoms with Crippen LogP contribution in [-0.4, -0.2) is 90.1 Å². The fourth-order valence-corrected chi connectivity index (χ4v) is 8.69. The van der Waals surface area contributed by atoms with Crippen LogP contribution in [0.4, 0.5) is 9.59 Å². The molecule has 55 heavy (non-hydrogen) atoms. The van der Waals surface area contributed by atoms with Crippen molar-refractivity contribution in [2.75, 3.05) is 7.11 Å². The van der Waals surface area contributed by atoms with E-state index in [4.69, 9.17) is 9.72 Å². The fraction of sp³-hybridized carbons (Fsp3) is 0.463. The molecule has 0 radical (unpaired) electrons. The summed E-state index contributed by atoms with van der Waals surface area (Å²) in [6, 6.07) is 14.9. The van der Waals surface area contributed by atoms with Crippen LogP contribution in [0.25, 0.3) is 33.6 Å². The highest BCUT2D eigenvalue weighted by atomic mass is 16.5. The largest absolute Gasteiger partial charge is 0.465 e. The lowest BCUT2D eigenvalue weighted by molar-refractivity contribution is -0.137. The summed E-state index contributed by atoms with van der Waals surface area (Å²) in [7, 11) is 1.30. The second kappa shape index (κ2) is 14.2. The number of benzene rings is 2. The van der Waals surface area contributed by atoms with Gasteiger partial charge in [-0.25, -0.2) is 19.6 Å². The zero-order chi connectivity index (χ0) is 38.7. The maximum atomic E-state index is 13.8. The molecule has 2 saturated carbocycles. The minimum Gasteiger partial charge on any atom is -0.465 e. The van der Waals surface area contributed by atoms with E-state index in [1.165, 1.54) is 7.11 Å². The van der Waals surface area contributed by atoms with Crippen LogP contribution >= 0.6 is 0 Å². The van der Waals surface area contributed by atoms with Gasteiger partial charge >= 0.3 is 12.2 Å². The van der Waals surface area contributed by atoms with Gasteiger partial charge in [-0.05, 0) is 71.6 Å². The number of alkyl carbamates (subject to hydrolysis) is 1. The second-order valence-corrected chi connectivity index (χ2v) is 16.2. The fourth-order valence-electron chi connectivity index (χ4n) is 8.69. The molecule has 14 heteroatoms. The Bertz CT molecular complexity index is 2090. The number of nitrogens with one attached hydrogen (secondary N) is 4. The van der Waals surface area contributed by atoms with Gasteiger partial charge in [0, 0.05) is 12.1 Å². The minimum absolute atomic E-state index is 0.0999. The third kappa shape index (κ3) is 6.94. The van der Waals surface area contributed by atoms with Crippen molar-refractivity contribution >= 4 is 24.0 Å². The molecular formula is C41H48N8O6. The monoisotopic (exact) mass is 748 g/mol. The number of carbonyl (C=O) groups is 4. The van der Waals surface area contributed by atoms with Gasteiger partial charge in [0.25, 0.3) is 0 Å². The number of aromatic nitrogens is 4. The second-order valence-electron chi connectivity index (χ2n) is 16.2. The number of likely N-dealkylation sites (tertiary alicyclic amines) is 2. The highest BCUT2D eigenvalue weighted by molar-refractivity contribution is 5.88. The molecule has 8 rings (SSSR count). The molecule has 0 spiro atoms. The Labute approximate surface area is 319 Å². The Kier molecular flexibility index (Phi) is 9.38. The van der Waals surface area contributed by atoms with Gasteiger partial charge in [-0.2, -0.15) is 0 Å². The average Bonchev–Trinajstić information content (AvgIpc) is 3.76. The standard InChI is InChI=1S/C41H48N8O6/c1-20(2)34(46-40(52)53)38(50)48-30-14-26(30)16-32(48)36-42-18-28(44-36)24-10-6-22(7-11-24)23-8-12-25(13-9-23)29-19-43-37(45-29)33-17-27-15-31(27)49(33)39(51)35(21(3)4)47-41(54)55-5/h6-13,18-21,26-27,30-35,46H,14-17H2,1-5H3,(H,42,44)(H,43,45)(H,47,54)(H,52,53)/t26-,27+,30-,31-,32-,33-,34+,35+/m1/s1. The van der Waals surface area contributed by atoms with E-state index < -0.39 is 24.3 Å². The molecule has 0 unspecified atom stereocenters. The van der Waals surface area contributed by atoms with E-state index in [0.717, 1.165) is 71.0 Å². The van der Waals surface area contributed by atoms with Gasteiger partial charge in [-0.15, -0.1) is 0 Å². The van der Waals surface area contributed by atoms with Crippen molar-refractivity contribution in [2.45, 2.75) is 89.6 Å². The lowest BCUT2D eigenvalue weighted by atomic mass is 10.0. The van der Waals surface area contributed by atoms with Crippen LogP contribution in [0.3, 0.4) is 0 Å². The molecule has 5 N–H and O–H groups in total. The van der Waals surface area contributed by atoms with Crippen LogP contribution < -0.4 is 10.6 Å². The maximum Gasteiger partial charge on any atom is 0.407 e. The first-order valence-corrected chi connectivity index (χ1v) is 19.2. The Morgan fingerprint density at radius 3 is 1.45 bits per heavy atom. The maximum absolute atomic E-state index is 13.8. The van der Waals surface area contributed by atoms with Crippen molar-refractivity contribution in [2.24, 2.45) is 23.7 Å². The topological polar surface area (TPSA) is 186 Å². The SMILES string of the molecule is COC(=O)N[C@H](C(=O)N1[C@@H](c2ncc(-c3ccc(-c4ccc(-c5cnc([C@H]6C[C@H]7C[C@H]7N6C(=O)[C@@H](NC(=O)O)C(C)C)[nH]5)cc4)cc3)[nH]2)C[C@@H]2C[C@H]21)C(C)C. The van der Waals surface area contributed by atoms with E-state index in [9.17, 15) is 24.3 Å². The number of imidazole rings is 2. The number of carboxylic acid groups (broad SMARTS) is 1. The zero-order valence-corrected chi connectivity index (χ0v) is 31.7. The number of rotatable bonds is 11. The van der Waals surface area contributed by atoms with Gasteiger partial charge in [-0.1, -0.05) is 76.2 Å². The molecule has 8 atom stereocenters. The first-order valence-electron chi connectivity index (χ1n) is 19.2. The van der Waals surface area contributed by atoms with Gasteiger partial charge < -0.3 is 40.2 Å². The summed E-state index contributed by atoms with van der Waals surface area (Å²) in [4.78, 5) is 70.9. The van der Waals surface area contributed by atoms with Crippen molar-refractivity contribution < 1.29 is 29.0 Å². The molecule has 4 aromatic rings. The van der Waals surface area contributed by atoms with Crippen LogP contribution in [0, 0.1) is 23.7 Å². The summed E-state index contributed by atoms with van der Waals surface area (Å²) in [5.74, 6) is 1.75. The van der Waals surface area contributed by atoms with Gasteiger partial charge in [0.05, 0.1) is 43.0 Å². The molecule has 4 amide bonds. The van der Waals surface area contributed by atoms with E-state index in [1.54, 1.807) is 6.20 Å². The lowest BCUT2D eigenvalue weighted by Crippen LogP contribution is -2.52. The Morgan fingerprint density at radius 2 is 1.07 bits per heavy atom. The lowest BCUT2D eigenvalue weighted by Gasteiger charge is -2.31. The molecule has 2 aromatic carbocycles. The number of aromatic amines is 2. The average molecular weight is 749 g/mol. The van der Waals surface area contributed by atoms with Crippen LogP contribution in [0.5, 0.6) is 0 Å². The number of methoxy groups -OCH3 is 1. The molecular weight excluding hydrogens is 701 g/mol. The van der Waals surface area contributed by atoms with Crippen molar-refractivity contribution in [3.63, 3.8) is 0 Å². The van der Waals surface area contributed by atoms with Gasteiger partial charge in [0.1, 0.15) is 23.7 Å². The van der Waals surface area contributed by atoms with Crippen molar-refractivity contribution in [3.8, 4) is 33.6 Å². The van der Waals surface area contributed by atoms with E-state index in [2.05, 4.69) is 62.0 Å². The third-order valence-corrected chi connectivity index (χ3v) is 11.9. The predicted octanol–water partition coefficient (Wildman–Crippen LogP) is 6.13. The van der Waals surface area contributed by atoms with Crippen LogP contribution in [0.2, 0.25) is 0 Å². The molecule has 4 fully saturated rings. The molecule has 288 valence electrons. The van der Waals surface area contributed by atoms with E-state index >= 15 is 0 Å². The third-order valence-electron chi connectivity index (χ3n) is 11.9. The number of hydrogen-bond acceptors (Lipinski definition) is 7. The van der Waals surface area contributed by atoms with E-state index in [0.29, 0.717) is 11.8 Å². The summed E-state index contributed by atoms with van der Waals surface area (Å²) in [6.45, 7) is 7.53. The number of hydrogen-bond donors (Lipinski definition) is 5. The number of piperidine rings is 2. The Balaban J connectivity index is 0.933. The summed E-state index contributed by atoms with van der Waals surface area (Å²) >= 11 is 0. The van der Waals surface area contributed by atoms with Crippen LogP contribution in [0.15, 0.2) is 60.9 Å². The Hall–Kier alpha value is -5.66. The van der Waals surface area contributed by atoms with E-state index in [1.807, 2.05) is 55.8 Å². The summed E-state index contributed by atoms with van der Waals surface area (Å²) in [5, 5.41) is 14.5. The predicted molar refractivity (Wildman–Crippen MR) is 203 cm³/mol. The number of nitrogens with zero attached hydrogens (tertiary/aromatic N) is 4. The van der Waals surface area contributed by atoms with Crippen molar-refractivity contribution in [3.05, 3.63) is 72.6 Å². The first-order chi connectivity index (χ1) is 26.4. The molecule has 4 heterocycles. The number of fused-ring (bicyclic) bond motifs is 2. The summed E-state index contributed by atoms with van der Waals surface area (Å²) in [6.07, 6.45) is 5.36. The smallest absolute Gasteiger partial charge is 0.407 e. The van der Waals surface area contributed by atoms with Gasteiger partial charge in [-0.3, -0.25) is 9.59 Å². The summed E-state index contributed by atoms with van der Waals surface area (Å²) in [5.41, 5.74) is 5.77. The minimum atomic E-state index is -1.20. The normalized spacial score (nSPS) is 24.6. The molecule has 14 nitrogen and oxygen atoms in total. The molecule has 2 aromatic heterocycles. The molecule has 0 bridgehead atoms. The molecule has 2 aliphatic carbocycles. The zero-order valence-electron chi connectivity index (χ0n) is 31.7. The van der Waals surface area contributed by atoms with Crippen molar-refractivity contribution in [1.82, 2.24) is 40.4 Å². The highest BCUT2D eigenvalue weighted by Gasteiger charge is 2.57. The van der Waals surface area contributed by atoms with Crippen LogP contribution in [-0.2, 0) is 14.3 Å². The summed E-state index contributed by atoms with van der Waals surface area (Å²) < 4.78 is 4.79.